The number of hydrogen-bond donors (Lipinski definition) is 2. The first-order valence-corrected chi connectivity index (χ1v) is 20.1. The van der Waals surface area contributed by atoms with Crippen LogP contribution in [0.1, 0.15) is 95.5 Å². The van der Waals surface area contributed by atoms with Crippen LogP contribution in [-0.4, -0.2) is 70.8 Å². The summed E-state index contributed by atoms with van der Waals surface area (Å²) in [6, 6.07) is 21.5. The molecular formula is C45H60N6O5. The highest BCUT2D eigenvalue weighted by Gasteiger charge is 2.34. The Morgan fingerprint density at radius 2 is 1.57 bits per heavy atom. The smallest absolute Gasteiger partial charge is 0.303 e. The molecule has 0 spiro atoms. The van der Waals surface area contributed by atoms with Crippen LogP contribution in [-0.2, 0) is 4.79 Å². The Morgan fingerprint density at radius 3 is 2.16 bits per heavy atom. The second-order valence-electron chi connectivity index (χ2n) is 15.8. The topological polar surface area (TPSA) is 130 Å². The number of aliphatic carboxylic acids is 1. The number of piperidine rings is 1. The molecule has 4 aromatic rings. The summed E-state index contributed by atoms with van der Waals surface area (Å²) in [6.07, 6.45) is 9.34. The minimum absolute atomic E-state index is 0.0120. The Bertz CT molecular complexity index is 1830. The molecule has 1 saturated heterocycles. The van der Waals surface area contributed by atoms with Gasteiger partial charge in [0.05, 0.1) is 31.4 Å². The van der Waals surface area contributed by atoms with Gasteiger partial charge in [-0.15, -0.1) is 0 Å². The molecule has 3 unspecified atom stereocenters. The molecule has 2 fully saturated rings. The highest BCUT2D eigenvalue weighted by Crippen LogP contribution is 2.45. The zero-order valence-corrected chi connectivity index (χ0v) is 34.1. The Labute approximate surface area is 332 Å². The first-order chi connectivity index (χ1) is 26.9. The Morgan fingerprint density at radius 1 is 0.857 bits per heavy atom. The van der Waals surface area contributed by atoms with E-state index >= 15 is 0 Å². The predicted molar refractivity (Wildman–Crippen MR) is 223 cm³/mol. The molecule has 2 N–H and O–H groups in total. The highest BCUT2D eigenvalue weighted by atomic mass is 16.5. The third-order valence-electron chi connectivity index (χ3n) is 11.2. The lowest BCUT2D eigenvalue weighted by Crippen LogP contribution is -2.43. The zero-order valence-electron chi connectivity index (χ0n) is 34.1. The average Bonchev–Trinajstić information content (AvgIpc) is 4.06. The lowest BCUT2D eigenvalue weighted by atomic mass is 9.92. The van der Waals surface area contributed by atoms with Crippen LogP contribution in [0.5, 0.6) is 11.6 Å². The average molecular weight is 765 g/mol. The Hall–Kier alpha value is -5.19. The first-order valence-electron chi connectivity index (χ1n) is 20.1. The maximum Gasteiger partial charge on any atom is 0.303 e. The van der Waals surface area contributed by atoms with Crippen LogP contribution in [0.25, 0.3) is 0 Å². The standard InChI is InChI=1S/C35H44N4O5.C10H16N2/c1-23(2)24(3)39(32-7-5-6-15-36-32)35(42)29-11-10-28(43-4)20-31(29)38-17-13-25(14-18-38)22-44-33-19-27(12-16-37-33)30(21-34(40)41)26-8-9-26;1-8(2)9(3)12-10-6-4-5-7-11-10/h5-7,10-12,15-16,19-20,23-26,30H,8-9,13-14,17-18,21-22H2,1-4H3,(H,40,41);4-9H,1-3H3,(H,11,12). The number of rotatable bonds is 16. The lowest BCUT2D eigenvalue weighted by Gasteiger charge is -2.36. The van der Waals surface area contributed by atoms with Crippen molar-refractivity contribution in [3.63, 3.8) is 0 Å². The molecule has 0 radical (unpaired) electrons. The van der Waals surface area contributed by atoms with Gasteiger partial charge in [-0.1, -0.05) is 39.8 Å². The SMILES string of the molecule is CC(C)C(C)Nc1ccccn1.COc1ccc(C(=O)N(c2ccccn2)C(C)C(C)C)c(N2CCC(COc3cc(C(CC(=O)O)C4CC4)ccn3)CC2)c1. The molecule has 1 saturated carbocycles. The molecule has 4 heterocycles. The largest absolute Gasteiger partial charge is 0.497 e. The lowest BCUT2D eigenvalue weighted by molar-refractivity contribution is -0.137. The van der Waals surface area contributed by atoms with Gasteiger partial charge < -0.3 is 24.8 Å². The number of nitrogens with one attached hydrogen (secondary N) is 1. The predicted octanol–water partition coefficient (Wildman–Crippen LogP) is 8.98. The van der Waals surface area contributed by atoms with Crippen LogP contribution in [0.3, 0.4) is 0 Å². The Balaban J connectivity index is 0.000000427. The van der Waals surface area contributed by atoms with Gasteiger partial charge >= 0.3 is 5.97 Å². The highest BCUT2D eigenvalue weighted by molar-refractivity contribution is 6.09. The van der Waals surface area contributed by atoms with Crippen molar-refractivity contribution < 1.29 is 24.2 Å². The van der Waals surface area contributed by atoms with E-state index in [9.17, 15) is 14.7 Å². The van der Waals surface area contributed by atoms with Gasteiger partial charge in [0.2, 0.25) is 5.88 Å². The fourth-order valence-corrected chi connectivity index (χ4v) is 6.87. The summed E-state index contributed by atoms with van der Waals surface area (Å²) in [5.41, 5.74) is 2.49. The van der Waals surface area contributed by atoms with Crippen molar-refractivity contribution in [1.82, 2.24) is 15.0 Å². The number of carboxylic acid groups (broad SMARTS) is 1. The first kappa shape index (κ1) is 42.0. The van der Waals surface area contributed by atoms with Gasteiger partial charge in [0.1, 0.15) is 17.4 Å². The summed E-state index contributed by atoms with van der Waals surface area (Å²) in [5.74, 6) is 3.67. The summed E-state index contributed by atoms with van der Waals surface area (Å²) in [4.78, 5) is 42.8. The van der Waals surface area contributed by atoms with E-state index < -0.39 is 5.97 Å². The number of carboxylic acids is 1. The molecule has 3 atom stereocenters. The summed E-state index contributed by atoms with van der Waals surface area (Å²) >= 11 is 0. The number of carbonyl (C=O) groups is 2. The maximum atomic E-state index is 14.2. The quantitative estimate of drug-likeness (QED) is 0.114. The molecule has 11 heteroatoms. The van der Waals surface area contributed by atoms with Gasteiger partial charge in [0.15, 0.2) is 0 Å². The number of methoxy groups -OCH3 is 1. The van der Waals surface area contributed by atoms with E-state index in [0.29, 0.717) is 53.4 Å². The molecule has 2 aliphatic rings. The minimum Gasteiger partial charge on any atom is -0.497 e. The van der Waals surface area contributed by atoms with Crippen molar-refractivity contribution in [1.29, 1.82) is 0 Å². The molecule has 0 bridgehead atoms. The summed E-state index contributed by atoms with van der Waals surface area (Å²) in [6.45, 7) is 14.9. The number of amides is 1. The van der Waals surface area contributed by atoms with Crippen LogP contribution in [0.2, 0.25) is 0 Å². The Kier molecular flexibility index (Phi) is 15.1. The van der Waals surface area contributed by atoms with E-state index in [0.717, 1.165) is 55.8 Å². The maximum absolute atomic E-state index is 14.2. The van der Waals surface area contributed by atoms with Crippen molar-refractivity contribution >= 4 is 29.2 Å². The number of pyridine rings is 3. The number of ether oxygens (including phenoxy) is 2. The fraction of sp³-hybridized carbons (Fsp3) is 0.489. The molecule has 6 rings (SSSR count). The number of aromatic nitrogens is 3. The van der Waals surface area contributed by atoms with Crippen molar-refractivity contribution in [2.75, 3.05) is 41.9 Å². The van der Waals surface area contributed by atoms with Gasteiger partial charge in [-0.25, -0.2) is 15.0 Å². The number of nitrogens with zero attached hydrogens (tertiary/aromatic N) is 5. The van der Waals surface area contributed by atoms with Crippen molar-refractivity contribution in [3.05, 3.63) is 96.4 Å². The van der Waals surface area contributed by atoms with Gasteiger partial charge in [-0.3, -0.25) is 14.5 Å². The van der Waals surface area contributed by atoms with Gasteiger partial charge in [0, 0.05) is 55.9 Å². The molecule has 11 nitrogen and oxygen atoms in total. The van der Waals surface area contributed by atoms with Crippen molar-refractivity contribution in [3.8, 4) is 11.6 Å². The van der Waals surface area contributed by atoms with Gasteiger partial charge in [0.25, 0.3) is 5.91 Å². The normalized spacial score (nSPS) is 16.0. The molecule has 3 aromatic heterocycles. The van der Waals surface area contributed by atoms with Crippen LogP contribution in [0.4, 0.5) is 17.3 Å². The fourth-order valence-electron chi connectivity index (χ4n) is 6.87. The molecular weight excluding hydrogens is 705 g/mol. The van der Waals surface area contributed by atoms with E-state index in [-0.39, 0.29) is 30.2 Å². The number of benzene rings is 1. The van der Waals surface area contributed by atoms with E-state index in [4.69, 9.17) is 9.47 Å². The van der Waals surface area contributed by atoms with E-state index in [1.54, 1.807) is 25.7 Å². The minimum atomic E-state index is -0.771. The number of hydrogen-bond acceptors (Lipinski definition) is 9. The van der Waals surface area contributed by atoms with Crippen molar-refractivity contribution in [2.24, 2.45) is 23.7 Å². The molecule has 56 heavy (non-hydrogen) atoms. The second-order valence-corrected chi connectivity index (χ2v) is 15.8. The summed E-state index contributed by atoms with van der Waals surface area (Å²) < 4.78 is 11.7. The number of anilines is 3. The van der Waals surface area contributed by atoms with Gasteiger partial charge in [-0.2, -0.15) is 0 Å². The van der Waals surface area contributed by atoms with E-state index in [1.165, 1.54) is 0 Å². The summed E-state index contributed by atoms with van der Waals surface area (Å²) in [7, 11) is 1.64. The molecule has 1 amide bonds. The zero-order chi connectivity index (χ0) is 40.2. The third kappa shape index (κ3) is 11.7. The van der Waals surface area contributed by atoms with Gasteiger partial charge in [-0.05, 0) is 117 Å². The van der Waals surface area contributed by atoms with Crippen LogP contribution >= 0.6 is 0 Å². The van der Waals surface area contributed by atoms with E-state index in [1.807, 2.05) is 71.6 Å². The van der Waals surface area contributed by atoms with Crippen LogP contribution in [0.15, 0.2) is 85.3 Å². The molecule has 300 valence electrons. The monoisotopic (exact) mass is 764 g/mol. The van der Waals surface area contributed by atoms with Crippen molar-refractivity contribution in [2.45, 2.75) is 91.6 Å². The summed E-state index contributed by atoms with van der Waals surface area (Å²) in [5, 5.41) is 12.7. The molecule has 1 aromatic carbocycles. The van der Waals surface area contributed by atoms with Crippen LogP contribution < -0.4 is 24.6 Å². The molecule has 1 aliphatic carbocycles. The van der Waals surface area contributed by atoms with E-state index in [2.05, 4.69) is 66.7 Å². The molecule has 1 aliphatic heterocycles. The second kappa shape index (κ2) is 20.1. The number of carbonyl (C=O) groups excluding carboxylic acids is 1. The third-order valence-corrected chi connectivity index (χ3v) is 11.2. The van der Waals surface area contributed by atoms with Crippen LogP contribution in [0, 0.1) is 23.7 Å².